The first-order valence-electron chi connectivity index (χ1n) is 5.43. The summed E-state index contributed by atoms with van der Waals surface area (Å²) in [4.78, 5) is 1.44. The lowest BCUT2D eigenvalue weighted by molar-refractivity contribution is 0.504. The van der Waals surface area contributed by atoms with Crippen LogP contribution in [0, 0.1) is 0 Å². The van der Waals surface area contributed by atoms with E-state index in [4.69, 9.17) is 0 Å². The molecule has 2 rings (SSSR count). The van der Waals surface area contributed by atoms with Crippen LogP contribution in [0.15, 0.2) is 22.9 Å². The summed E-state index contributed by atoms with van der Waals surface area (Å²) in [6.07, 6.45) is 2.19. The highest BCUT2D eigenvalue weighted by Gasteiger charge is 2.13. The first-order valence-corrected chi connectivity index (χ1v) is 7.14. The summed E-state index contributed by atoms with van der Waals surface area (Å²) < 4.78 is 3.92. The van der Waals surface area contributed by atoms with Crippen molar-refractivity contribution in [2.24, 2.45) is 0 Å². The van der Waals surface area contributed by atoms with E-state index in [0.29, 0.717) is 6.04 Å². The molecular weight excluding hydrogens is 238 g/mol. The first-order chi connectivity index (χ1) is 7.90. The molecule has 0 amide bonds. The van der Waals surface area contributed by atoms with Crippen LogP contribution in [-0.4, -0.2) is 16.1 Å². The van der Waals surface area contributed by atoms with Crippen molar-refractivity contribution in [1.82, 2.24) is 14.9 Å². The number of hydrogen-bond donors (Lipinski definition) is 1. The molecule has 1 unspecified atom stereocenters. The van der Waals surface area contributed by atoms with Gasteiger partial charge in [0, 0.05) is 10.3 Å². The maximum Gasteiger partial charge on any atom is 0.0924 e. The van der Waals surface area contributed by atoms with E-state index in [1.54, 1.807) is 0 Å². The van der Waals surface area contributed by atoms with Gasteiger partial charge in [-0.2, -0.15) is 0 Å². The average Bonchev–Trinajstić information content (AvgIpc) is 2.96. The highest BCUT2D eigenvalue weighted by Crippen LogP contribution is 2.20. The minimum atomic E-state index is 0.339. The summed E-state index contributed by atoms with van der Waals surface area (Å²) in [6.45, 7) is 3.09. The van der Waals surface area contributed by atoms with Crippen LogP contribution in [0.4, 0.5) is 0 Å². The molecule has 0 saturated carbocycles. The molecule has 0 bridgehead atoms. The minimum absolute atomic E-state index is 0.339. The molecule has 2 aromatic heterocycles. The first kappa shape index (κ1) is 11.7. The number of aryl methyl sites for hydroxylation is 1. The van der Waals surface area contributed by atoms with E-state index in [-0.39, 0.29) is 0 Å². The van der Waals surface area contributed by atoms with Crippen molar-refractivity contribution in [3.05, 3.63) is 33.5 Å². The summed E-state index contributed by atoms with van der Waals surface area (Å²) in [5.41, 5.74) is 1.07. The van der Waals surface area contributed by atoms with Gasteiger partial charge in [0.2, 0.25) is 0 Å². The standard InChI is InChI=1S/C11H15N3S2/c1-2-12-10(11-8-16-14-13-11)6-5-9-4-3-7-15-9/h3-4,7-8,10,12H,2,5-6H2,1H3. The Bertz CT molecular complexity index is 383. The molecule has 0 spiro atoms. The van der Waals surface area contributed by atoms with E-state index in [1.807, 2.05) is 16.7 Å². The highest BCUT2D eigenvalue weighted by molar-refractivity contribution is 7.09. The Labute approximate surface area is 104 Å². The van der Waals surface area contributed by atoms with Gasteiger partial charge in [-0.15, -0.1) is 16.4 Å². The summed E-state index contributed by atoms with van der Waals surface area (Å²) in [5.74, 6) is 0. The van der Waals surface area contributed by atoms with Crippen LogP contribution in [0.1, 0.15) is 30.0 Å². The molecule has 1 N–H and O–H groups in total. The van der Waals surface area contributed by atoms with Crippen LogP contribution in [-0.2, 0) is 6.42 Å². The molecule has 2 heterocycles. The molecule has 0 aromatic carbocycles. The second kappa shape index (κ2) is 6.08. The molecule has 0 aliphatic carbocycles. The zero-order chi connectivity index (χ0) is 11.2. The lowest BCUT2D eigenvalue weighted by Crippen LogP contribution is -2.21. The van der Waals surface area contributed by atoms with Gasteiger partial charge in [-0.1, -0.05) is 17.5 Å². The molecule has 16 heavy (non-hydrogen) atoms. The van der Waals surface area contributed by atoms with Crippen LogP contribution in [0.5, 0.6) is 0 Å². The fraction of sp³-hybridized carbons (Fsp3) is 0.455. The molecule has 3 nitrogen and oxygen atoms in total. The fourth-order valence-electron chi connectivity index (χ4n) is 1.67. The zero-order valence-electron chi connectivity index (χ0n) is 9.22. The largest absolute Gasteiger partial charge is 0.309 e. The van der Waals surface area contributed by atoms with Crippen molar-refractivity contribution in [1.29, 1.82) is 0 Å². The van der Waals surface area contributed by atoms with Gasteiger partial charge in [-0.05, 0) is 42.4 Å². The summed E-state index contributed by atoms with van der Waals surface area (Å²) in [7, 11) is 0. The normalized spacial score (nSPS) is 12.8. The summed E-state index contributed by atoms with van der Waals surface area (Å²) >= 11 is 3.24. The maximum atomic E-state index is 4.14. The maximum absolute atomic E-state index is 4.14. The monoisotopic (exact) mass is 253 g/mol. The third kappa shape index (κ3) is 3.10. The molecule has 0 radical (unpaired) electrons. The van der Waals surface area contributed by atoms with Crippen LogP contribution in [0.2, 0.25) is 0 Å². The third-order valence-corrected chi connectivity index (χ3v) is 3.90. The fourth-order valence-corrected chi connectivity index (χ4v) is 2.90. The van der Waals surface area contributed by atoms with Crippen molar-refractivity contribution in [3.8, 4) is 0 Å². The predicted octanol–water partition coefficient (Wildman–Crippen LogP) is 2.88. The summed E-state index contributed by atoms with van der Waals surface area (Å²) in [5, 5.41) is 11.8. The van der Waals surface area contributed by atoms with E-state index < -0.39 is 0 Å². The smallest absolute Gasteiger partial charge is 0.0924 e. The van der Waals surface area contributed by atoms with Gasteiger partial charge < -0.3 is 5.32 Å². The molecule has 0 aliphatic heterocycles. The molecule has 1 atom stereocenters. The summed E-state index contributed by atoms with van der Waals surface area (Å²) in [6, 6.07) is 4.63. The Morgan fingerprint density at radius 3 is 3.06 bits per heavy atom. The number of thiophene rings is 1. The van der Waals surface area contributed by atoms with Gasteiger partial charge in [0.25, 0.3) is 0 Å². The Morgan fingerprint density at radius 1 is 1.50 bits per heavy atom. The topological polar surface area (TPSA) is 37.8 Å². The van der Waals surface area contributed by atoms with E-state index in [9.17, 15) is 0 Å². The lowest BCUT2D eigenvalue weighted by atomic mass is 10.1. The van der Waals surface area contributed by atoms with Crippen LogP contribution < -0.4 is 5.32 Å². The van der Waals surface area contributed by atoms with E-state index in [2.05, 4.69) is 39.3 Å². The SMILES string of the molecule is CCNC(CCc1cccs1)c1csnn1. The minimum Gasteiger partial charge on any atom is -0.309 e. The van der Waals surface area contributed by atoms with Crippen LogP contribution >= 0.6 is 22.9 Å². The van der Waals surface area contributed by atoms with Crippen molar-refractivity contribution < 1.29 is 0 Å². The van der Waals surface area contributed by atoms with Gasteiger partial charge in [-0.3, -0.25) is 0 Å². The lowest BCUT2D eigenvalue weighted by Gasteiger charge is -2.14. The Hall–Kier alpha value is -0.780. The second-order valence-corrected chi connectivity index (χ2v) is 5.20. The molecule has 86 valence electrons. The molecule has 0 aliphatic rings. The van der Waals surface area contributed by atoms with Crippen molar-refractivity contribution >= 4 is 22.9 Å². The molecule has 0 fully saturated rings. The number of hydrogen-bond acceptors (Lipinski definition) is 5. The van der Waals surface area contributed by atoms with Gasteiger partial charge in [-0.25, -0.2) is 0 Å². The average molecular weight is 253 g/mol. The van der Waals surface area contributed by atoms with E-state index in [0.717, 1.165) is 25.1 Å². The van der Waals surface area contributed by atoms with Crippen molar-refractivity contribution in [2.75, 3.05) is 6.54 Å². The molecule has 2 aromatic rings. The Morgan fingerprint density at radius 2 is 2.44 bits per heavy atom. The molecular formula is C11H15N3S2. The van der Waals surface area contributed by atoms with Gasteiger partial charge >= 0.3 is 0 Å². The highest BCUT2D eigenvalue weighted by atomic mass is 32.1. The van der Waals surface area contributed by atoms with E-state index >= 15 is 0 Å². The van der Waals surface area contributed by atoms with Crippen molar-refractivity contribution in [3.63, 3.8) is 0 Å². The number of rotatable bonds is 6. The number of aromatic nitrogens is 2. The van der Waals surface area contributed by atoms with E-state index in [1.165, 1.54) is 16.4 Å². The Kier molecular flexibility index (Phi) is 4.44. The van der Waals surface area contributed by atoms with Gasteiger partial charge in [0.1, 0.15) is 0 Å². The number of nitrogens with zero attached hydrogens (tertiary/aromatic N) is 2. The Balaban J connectivity index is 1.93. The predicted molar refractivity (Wildman–Crippen MR) is 69.0 cm³/mol. The zero-order valence-corrected chi connectivity index (χ0v) is 10.9. The molecule has 5 heteroatoms. The molecule has 0 saturated heterocycles. The second-order valence-electron chi connectivity index (χ2n) is 3.56. The van der Waals surface area contributed by atoms with Gasteiger partial charge in [0.15, 0.2) is 0 Å². The third-order valence-electron chi connectivity index (χ3n) is 2.44. The quantitative estimate of drug-likeness (QED) is 0.860. The van der Waals surface area contributed by atoms with Crippen molar-refractivity contribution in [2.45, 2.75) is 25.8 Å². The van der Waals surface area contributed by atoms with Crippen LogP contribution in [0.3, 0.4) is 0 Å². The van der Waals surface area contributed by atoms with Gasteiger partial charge in [0.05, 0.1) is 11.7 Å². The van der Waals surface area contributed by atoms with Crippen LogP contribution in [0.25, 0.3) is 0 Å². The number of nitrogens with one attached hydrogen (secondary N) is 1.